The number of nitrogens with zero attached hydrogens (tertiary/aromatic N) is 4. The minimum Gasteiger partial charge on any atom is -0.345 e. The van der Waals surface area contributed by atoms with Crippen LogP contribution in [-0.4, -0.2) is 31.1 Å². The molecule has 7 nitrogen and oxygen atoms in total. The number of nitrogens with one attached hydrogen (secondary N) is 2. The second kappa shape index (κ2) is 4.69. The molecule has 7 heteroatoms. The van der Waals surface area contributed by atoms with Gasteiger partial charge in [-0.1, -0.05) is 0 Å². The minimum absolute atomic E-state index is 0.197. The standard InChI is InChI=1S/C13H12N6O/c1-7-8(2)18-19-13(16-7)17-12(20)9-3-4-10-11(5-9)15-6-14-10/h3-6H,1-2H3,(H,14,15)(H,16,17,19,20). The number of carbonyl (C=O) groups is 1. The Kier molecular flexibility index (Phi) is 2.86. The fourth-order valence-electron chi connectivity index (χ4n) is 1.76. The Morgan fingerprint density at radius 2 is 2.05 bits per heavy atom. The molecule has 100 valence electrons. The topological polar surface area (TPSA) is 96.5 Å². The van der Waals surface area contributed by atoms with Crippen LogP contribution in [0.25, 0.3) is 11.0 Å². The molecule has 1 aromatic carbocycles. The van der Waals surface area contributed by atoms with Gasteiger partial charge in [0.25, 0.3) is 5.91 Å². The van der Waals surface area contributed by atoms with Crippen LogP contribution >= 0.6 is 0 Å². The summed E-state index contributed by atoms with van der Waals surface area (Å²) in [7, 11) is 0. The van der Waals surface area contributed by atoms with Gasteiger partial charge in [0, 0.05) is 5.56 Å². The molecule has 0 spiro atoms. The molecule has 0 aliphatic rings. The van der Waals surface area contributed by atoms with Gasteiger partial charge in [-0.05, 0) is 32.0 Å². The molecular weight excluding hydrogens is 256 g/mol. The third-order valence-electron chi connectivity index (χ3n) is 3.00. The molecule has 0 aliphatic heterocycles. The van der Waals surface area contributed by atoms with Gasteiger partial charge in [0.05, 0.1) is 28.7 Å². The van der Waals surface area contributed by atoms with Crippen molar-refractivity contribution in [1.29, 1.82) is 0 Å². The SMILES string of the molecule is Cc1nnc(NC(=O)c2ccc3nc[nH]c3c2)nc1C. The first kappa shape index (κ1) is 12.2. The van der Waals surface area contributed by atoms with E-state index in [1.807, 2.05) is 13.8 Å². The summed E-state index contributed by atoms with van der Waals surface area (Å²) < 4.78 is 0. The fraction of sp³-hybridized carbons (Fsp3) is 0.154. The van der Waals surface area contributed by atoms with Gasteiger partial charge in [-0.2, -0.15) is 5.10 Å². The van der Waals surface area contributed by atoms with Crippen molar-refractivity contribution in [2.24, 2.45) is 0 Å². The molecule has 0 fully saturated rings. The minimum atomic E-state index is -0.286. The van der Waals surface area contributed by atoms with Crippen molar-refractivity contribution in [2.45, 2.75) is 13.8 Å². The first-order valence-electron chi connectivity index (χ1n) is 6.06. The molecule has 3 rings (SSSR count). The highest BCUT2D eigenvalue weighted by molar-refractivity contribution is 6.05. The van der Waals surface area contributed by atoms with Gasteiger partial charge in [-0.25, -0.2) is 9.97 Å². The maximum atomic E-state index is 12.1. The van der Waals surface area contributed by atoms with Gasteiger partial charge in [-0.3, -0.25) is 10.1 Å². The smallest absolute Gasteiger partial charge is 0.258 e. The molecule has 0 saturated carbocycles. The average Bonchev–Trinajstić information content (AvgIpc) is 2.90. The monoisotopic (exact) mass is 268 g/mol. The Balaban J connectivity index is 1.86. The zero-order chi connectivity index (χ0) is 14.1. The summed E-state index contributed by atoms with van der Waals surface area (Å²) in [6.07, 6.45) is 1.59. The second-order valence-corrected chi connectivity index (χ2v) is 4.39. The number of anilines is 1. The first-order valence-corrected chi connectivity index (χ1v) is 6.06. The van der Waals surface area contributed by atoms with Crippen molar-refractivity contribution in [3.05, 3.63) is 41.5 Å². The van der Waals surface area contributed by atoms with Crippen molar-refractivity contribution in [3.63, 3.8) is 0 Å². The number of fused-ring (bicyclic) bond motifs is 1. The number of hydrogen-bond donors (Lipinski definition) is 2. The van der Waals surface area contributed by atoms with Gasteiger partial charge < -0.3 is 4.98 Å². The predicted octanol–water partition coefficient (Wildman–Crippen LogP) is 1.62. The summed E-state index contributed by atoms with van der Waals surface area (Å²) in [6, 6.07) is 5.21. The Morgan fingerprint density at radius 3 is 2.85 bits per heavy atom. The molecule has 2 N–H and O–H groups in total. The normalized spacial score (nSPS) is 10.7. The van der Waals surface area contributed by atoms with E-state index >= 15 is 0 Å². The number of H-pyrrole nitrogens is 1. The molecule has 0 saturated heterocycles. The van der Waals surface area contributed by atoms with E-state index in [0.717, 1.165) is 22.4 Å². The van der Waals surface area contributed by atoms with E-state index in [2.05, 4.69) is 30.5 Å². The lowest BCUT2D eigenvalue weighted by Crippen LogP contribution is -2.15. The van der Waals surface area contributed by atoms with Gasteiger partial charge in [0.2, 0.25) is 5.95 Å². The third-order valence-corrected chi connectivity index (χ3v) is 3.00. The van der Waals surface area contributed by atoms with Crippen LogP contribution in [0.5, 0.6) is 0 Å². The summed E-state index contributed by atoms with van der Waals surface area (Å²) in [6.45, 7) is 3.63. The molecule has 0 radical (unpaired) electrons. The largest absolute Gasteiger partial charge is 0.345 e. The van der Waals surface area contributed by atoms with Gasteiger partial charge in [0.15, 0.2) is 0 Å². The third kappa shape index (κ3) is 2.20. The molecule has 20 heavy (non-hydrogen) atoms. The number of amides is 1. The number of carbonyl (C=O) groups excluding carboxylic acids is 1. The lowest BCUT2D eigenvalue weighted by atomic mass is 10.2. The zero-order valence-corrected chi connectivity index (χ0v) is 11.0. The van der Waals surface area contributed by atoms with Crippen LogP contribution in [0, 0.1) is 13.8 Å². The molecule has 2 aromatic heterocycles. The summed E-state index contributed by atoms with van der Waals surface area (Å²) in [5, 5.41) is 10.4. The van der Waals surface area contributed by atoms with Gasteiger partial charge >= 0.3 is 0 Å². The highest BCUT2D eigenvalue weighted by Gasteiger charge is 2.10. The number of imidazole rings is 1. The predicted molar refractivity (Wildman–Crippen MR) is 73.3 cm³/mol. The van der Waals surface area contributed by atoms with Crippen LogP contribution in [0.3, 0.4) is 0 Å². The highest BCUT2D eigenvalue weighted by atomic mass is 16.1. The van der Waals surface area contributed by atoms with E-state index < -0.39 is 0 Å². The van der Waals surface area contributed by atoms with E-state index in [-0.39, 0.29) is 11.9 Å². The number of aromatic nitrogens is 5. The molecule has 1 amide bonds. The maximum Gasteiger partial charge on any atom is 0.258 e. The van der Waals surface area contributed by atoms with Crippen molar-refractivity contribution in [3.8, 4) is 0 Å². The molecule has 3 aromatic rings. The van der Waals surface area contributed by atoms with Crippen LogP contribution in [0.4, 0.5) is 5.95 Å². The molecule has 0 aliphatic carbocycles. The summed E-state index contributed by atoms with van der Waals surface area (Å²) in [4.78, 5) is 23.4. The highest BCUT2D eigenvalue weighted by Crippen LogP contribution is 2.12. The first-order chi connectivity index (χ1) is 9.63. The number of aryl methyl sites for hydroxylation is 2. The summed E-state index contributed by atoms with van der Waals surface area (Å²) in [5.74, 6) is -0.0886. The van der Waals surface area contributed by atoms with Crippen molar-refractivity contribution in [1.82, 2.24) is 25.1 Å². The Bertz CT molecular complexity index is 794. The number of rotatable bonds is 2. The van der Waals surface area contributed by atoms with Crippen LogP contribution in [0.2, 0.25) is 0 Å². The van der Waals surface area contributed by atoms with E-state index in [9.17, 15) is 4.79 Å². The Morgan fingerprint density at radius 1 is 1.20 bits per heavy atom. The second-order valence-electron chi connectivity index (χ2n) is 4.39. The van der Waals surface area contributed by atoms with Crippen LogP contribution in [0.1, 0.15) is 21.7 Å². The molecule has 2 heterocycles. The summed E-state index contributed by atoms with van der Waals surface area (Å²) in [5.41, 5.74) is 3.59. The van der Waals surface area contributed by atoms with E-state index in [1.54, 1.807) is 24.5 Å². The fourth-order valence-corrected chi connectivity index (χ4v) is 1.76. The van der Waals surface area contributed by atoms with Gasteiger partial charge in [0.1, 0.15) is 0 Å². The molecule has 0 bridgehead atoms. The number of aromatic amines is 1. The van der Waals surface area contributed by atoms with Crippen LogP contribution in [0.15, 0.2) is 24.5 Å². The molecule has 0 unspecified atom stereocenters. The number of benzene rings is 1. The average molecular weight is 268 g/mol. The lowest BCUT2D eigenvalue weighted by molar-refractivity contribution is 0.102. The number of hydrogen-bond acceptors (Lipinski definition) is 5. The summed E-state index contributed by atoms with van der Waals surface area (Å²) >= 11 is 0. The van der Waals surface area contributed by atoms with E-state index in [4.69, 9.17) is 0 Å². The Labute approximate surface area is 114 Å². The van der Waals surface area contributed by atoms with Crippen LogP contribution < -0.4 is 5.32 Å². The zero-order valence-electron chi connectivity index (χ0n) is 11.0. The quantitative estimate of drug-likeness (QED) is 0.736. The molecular formula is C13H12N6O. The van der Waals surface area contributed by atoms with Crippen LogP contribution in [-0.2, 0) is 0 Å². The van der Waals surface area contributed by atoms with E-state index in [0.29, 0.717) is 5.56 Å². The molecule has 0 atom stereocenters. The lowest BCUT2D eigenvalue weighted by Gasteiger charge is -2.04. The van der Waals surface area contributed by atoms with Crippen molar-refractivity contribution in [2.75, 3.05) is 5.32 Å². The van der Waals surface area contributed by atoms with Gasteiger partial charge in [-0.15, -0.1) is 5.10 Å². The van der Waals surface area contributed by atoms with Crippen molar-refractivity contribution >= 4 is 22.9 Å². The van der Waals surface area contributed by atoms with E-state index in [1.165, 1.54) is 0 Å². The maximum absolute atomic E-state index is 12.1. The Hall–Kier alpha value is -2.83. The van der Waals surface area contributed by atoms with Crippen molar-refractivity contribution < 1.29 is 4.79 Å².